The van der Waals surface area contributed by atoms with Crippen LogP contribution in [0, 0.1) is 0 Å². The van der Waals surface area contributed by atoms with E-state index in [2.05, 4.69) is 17.9 Å². The first kappa shape index (κ1) is 14.1. The molecule has 0 bridgehead atoms. The standard InChI is InChI=1S/C6H14O6P3/c7-1-2-3(8)4(9)5(10)6(11-2)12-15(13)14/h2-10,13H,1,14H2/q-1/t2?,3-,4+,5?,6+,15?/m1/s1. The molecule has 1 heterocycles. The summed E-state index contributed by atoms with van der Waals surface area (Å²) in [5.74, 6) is 0. The average molecular weight is 275 g/mol. The molecule has 0 saturated carbocycles. The van der Waals surface area contributed by atoms with Crippen LogP contribution in [-0.4, -0.2) is 57.7 Å². The topological polar surface area (TPSA) is 99.4 Å². The summed E-state index contributed by atoms with van der Waals surface area (Å²) < 4.78 is 10.2. The molecular formula is C6H14O6P3-. The maximum absolute atomic E-state index is 9.51. The minimum absolute atomic E-state index is 0.457. The summed E-state index contributed by atoms with van der Waals surface area (Å²) in [5, 5.41) is 37.2. The predicted molar refractivity (Wildman–Crippen MR) is 59.8 cm³/mol. The molecule has 1 aliphatic heterocycles. The largest absolute Gasteiger partial charge is 0.492 e. The fraction of sp³-hybridized carbons (Fsp3) is 1.00. The van der Waals surface area contributed by atoms with Crippen molar-refractivity contribution in [2.45, 2.75) is 30.7 Å². The van der Waals surface area contributed by atoms with E-state index in [1.807, 2.05) is 0 Å². The lowest BCUT2D eigenvalue weighted by Crippen LogP contribution is -2.58. The van der Waals surface area contributed by atoms with Gasteiger partial charge in [-0.1, -0.05) is 0 Å². The van der Waals surface area contributed by atoms with Crippen LogP contribution in [-0.2, 0) is 9.26 Å². The summed E-state index contributed by atoms with van der Waals surface area (Å²) in [5.41, 5.74) is 0. The van der Waals surface area contributed by atoms with Crippen LogP contribution >= 0.6 is 25.4 Å². The van der Waals surface area contributed by atoms with Gasteiger partial charge in [-0.2, -0.15) is 0 Å². The second-order valence-electron chi connectivity index (χ2n) is 3.13. The molecule has 0 amide bonds. The van der Waals surface area contributed by atoms with E-state index in [0.29, 0.717) is 0 Å². The Hall–Kier alpha value is 1.05. The Labute approximate surface area is 93.0 Å². The second kappa shape index (κ2) is 6.11. The van der Waals surface area contributed by atoms with Gasteiger partial charge in [0.05, 0.1) is 6.61 Å². The van der Waals surface area contributed by atoms with Crippen LogP contribution in [0.4, 0.5) is 0 Å². The zero-order chi connectivity index (χ0) is 11.6. The highest BCUT2D eigenvalue weighted by Crippen LogP contribution is 2.55. The lowest BCUT2D eigenvalue weighted by Gasteiger charge is -2.41. The quantitative estimate of drug-likeness (QED) is 0.495. The fourth-order valence-electron chi connectivity index (χ4n) is 1.27. The number of ether oxygens (including phenoxy) is 1. The maximum Gasteiger partial charge on any atom is 0.187 e. The third-order valence-corrected chi connectivity index (χ3v) is 3.18. The van der Waals surface area contributed by atoms with Crippen LogP contribution < -0.4 is 0 Å². The zero-order valence-electron chi connectivity index (χ0n) is 7.72. The van der Waals surface area contributed by atoms with Gasteiger partial charge in [-0.05, 0) is 0 Å². The van der Waals surface area contributed by atoms with Gasteiger partial charge in [0.2, 0.25) is 0 Å². The molecule has 0 aromatic rings. The molecule has 15 heavy (non-hydrogen) atoms. The SMILES string of the molecule is OCC1O[C@@H](OP([PH-])P)C(O)[C@@H](O)[C@@H]1O. The summed E-state index contributed by atoms with van der Waals surface area (Å²) >= 11 is 0. The second-order valence-corrected chi connectivity index (χ2v) is 8.27. The van der Waals surface area contributed by atoms with E-state index in [-0.39, 0.29) is 0 Å². The van der Waals surface area contributed by atoms with Crippen LogP contribution in [0.5, 0.6) is 0 Å². The molecule has 0 aromatic heterocycles. The van der Waals surface area contributed by atoms with Crippen molar-refractivity contribution in [1.82, 2.24) is 0 Å². The fourth-order valence-corrected chi connectivity index (χ4v) is 2.34. The van der Waals surface area contributed by atoms with Crippen molar-refractivity contribution >= 4 is 25.4 Å². The first-order valence-electron chi connectivity index (χ1n) is 4.20. The number of hydrogen-bond acceptors (Lipinski definition) is 6. The normalized spacial score (nSPS) is 44.0. The molecule has 1 aliphatic rings. The smallest absolute Gasteiger partial charge is 0.187 e. The lowest BCUT2D eigenvalue weighted by molar-refractivity contribution is -0.275. The maximum atomic E-state index is 9.51. The average Bonchev–Trinajstić information content (AvgIpc) is 2.18. The number of hydrogen-bond donors (Lipinski definition) is 4. The monoisotopic (exact) mass is 275 g/mol. The van der Waals surface area contributed by atoms with Gasteiger partial charge in [-0.15, -0.1) is 16.5 Å². The number of aliphatic hydroxyl groups excluding tert-OH is 4. The van der Waals surface area contributed by atoms with Crippen molar-refractivity contribution in [2.24, 2.45) is 0 Å². The third kappa shape index (κ3) is 3.50. The highest BCUT2D eigenvalue weighted by Gasteiger charge is 2.43. The molecule has 1 fully saturated rings. The van der Waals surface area contributed by atoms with Gasteiger partial charge in [0.1, 0.15) is 24.4 Å². The third-order valence-electron chi connectivity index (χ3n) is 2.07. The first-order valence-corrected chi connectivity index (χ1v) is 8.42. The molecule has 6 nitrogen and oxygen atoms in total. The van der Waals surface area contributed by atoms with E-state index in [4.69, 9.17) is 14.4 Å². The molecule has 9 heteroatoms. The Morgan fingerprint density at radius 2 is 1.87 bits per heavy atom. The Morgan fingerprint density at radius 1 is 1.27 bits per heavy atom. The van der Waals surface area contributed by atoms with Crippen LogP contribution in [0.25, 0.3) is 0 Å². The van der Waals surface area contributed by atoms with Crippen molar-refractivity contribution in [3.05, 3.63) is 0 Å². The predicted octanol–water partition coefficient (Wildman–Crippen LogP) is -0.952. The minimum Gasteiger partial charge on any atom is -0.492 e. The van der Waals surface area contributed by atoms with E-state index in [1.54, 1.807) is 0 Å². The molecule has 4 N–H and O–H groups in total. The van der Waals surface area contributed by atoms with Gasteiger partial charge in [0.25, 0.3) is 0 Å². The van der Waals surface area contributed by atoms with Gasteiger partial charge >= 0.3 is 0 Å². The van der Waals surface area contributed by atoms with Crippen molar-refractivity contribution in [1.29, 1.82) is 0 Å². The van der Waals surface area contributed by atoms with Gasteiger partial charge in [0, 0.05) is 0 Å². The zero-order valence-corrected chi connectivity index (χ0v) is 10.8. The highest BCUT2D eigenvalue weighted by atomic mass is 32.4. The van der Waals surface area contributed by atoms with Crippen LogP contribution in [0.3, 0.4) is 0 Å². The van der Waals surface area contributed by atoms with Crippen molar-refractivity contribution in [3.63, 3.8) is 0 Å². The highest BCUT2D eigenvalue weighted by molar-refractivity contribution is 8.41. The molecule has 0 aliphatic carbocycles. The molecule has 0 spiro atoms. The van der Waals surface area contributed by atoms with E-state index in [1.165, 1.54) is 0 Å². The Balaban J connectivity index is 2.65. The summed E-state index contributed by atoms with van der Waals surface area (Å²) in [4.78, 5) is 0. The van der Waals surface area contributed by atoms with E-state index < -0.39 is 44.8 Å². The lowest BCUT2D eigenvalue weighted by atomic mass is 10.00. The molecule has 1 saturated heterocycles. The molecule has 4 unspecified atom stereocenters. The van der Waals surface area contributed by atoms with Crippen LogP contribution in [0.1, 0.15) is 0 Å². The molecular weight excluding hydrogens is 261 g/mol. The Morgan fingerprint density at radius 3 is 2.33 bits per heavy atom. The summed E-state index contributed by atoms with van der Waals surface area (Å²) in [6.45, 7) is -0.457. The summed E-state index contributed by atoms with van der Waals surface area (Å²) in [6, 6.07) is 0. The van der Waals surface area contributed by atoms with Gasteiger partial charge in [-0.25, -0.2) is 0 Å². The Kier molecular flexibility index (Phi) is 5.75. The van der Waals surface area contributed by atoms with Crippen LogP contribution in [0.15, 0.2) is 0 Å². The van der Waals surface area contributed by atoms with Crippen LogP contribution in [0.2, 0.25) is 0 Å². The molecule has 90 valence electrons. The molecule has 0 radical (unpaired) electrons. The summed E-state index contributed by atoms with van der Waals surface area (Å²) in [6.07, 6.45) is -6.09. The minimum atomic E-state index is -1.40. The van der Waals surface area contributed by atoms with E-state index >= 15 is 0 Å². The van der Waals surface area contributed by atoms with Gasteiger partial charge in [-0.3, -0.25) is 0 Å². The van der Waals surface area contributed by atoms with Gasteiger partial charge in [0.15, 0.2) is 6.29 Å². The van der Waals surface area contributed by atoms with Crippen molar-refractivity contribution in [3.8, 4) is 0 Å². The summed E-state index contributed by atoms with van der Waals surface area (Å²) in [7, 11) is 4.45. The number of rotatable bonds is 3. The Bertz CT molecular complexity index is 203. The number of aliphatic hydroxyl groups is 4. The molecule has 0 aromatic carbocycles. The molecule has 7 atom stereocenters. The van der Waals surface area contributed by atoms with E-state index in [0.717, 1.165) is 0 Å². The molecule has 1 rings (SSSR count). The van der Waals surface area contributed by atoms with Crippen molar-refractivity contribution in [2.75, 3.05) is 6.61 Å². The first-order chi connectivity index (χ1) is 6.97. The van der Waals surface area contributed by atoms with Gasteiger partial charge < -0.3 is 38.6 Å². The van der Waals surface area contributed by atoms with Crippen molar-refractivity contribution < 1.29 is 29.7 Å². The van der Waals surface area contributed by atoms with E-state index in [9.17, 15) is 15.3 Å².